The molecule has 0 bridgehead atoms. The van der Waals surface area contributed by atoms with Crippen molar-refractivity contribution < 1.29 is 18.6 Å². The van der Waals surface area contributed by atoms with Crippen LogP contribution in [0.3, 0.4) is 0 Å². The number of benzene rings is 2. The summed E-state index contributed by atoms with van der Waals surface area (Å²) in [5, 5.41) is 24.7. The number of ether oxygens (including phenoxy) is 1. The standard InChI is InChI=1S/C27H26F2N6O2/c1-3-37-18-11-21(28)20(22(29)12-18)14-32-24-7-5-4-6-19(24)26(30)27-33-17(15-36)10-25(35-27)34-23-8-9-31-13-16(23)2/h4-13,30,32,36H,3,14-15H2,1-2H3,(H,31,33,34,35). The van der Waals surface area contributed by atoms with Gasteiger partial charge in [0.1, 0.15) is 28.9 Å². The quantitative estimate of drug-likeness (QED) is 0.222. The van der Waals surface area contributed by atoms with Gasteiger partial charge in [-0.2, -0.15) is 0 Å². The van der Waals surface area contributed by atoms with E-state index in [1.165, 1.54) is 0 Å². The second-order valence-corrected chi connectivity index (χ2v) is 8.11. The van der Waals surface area contributed by atoms with Gasteiger partial charge in [0.05, 0.1) is 18.9 Å². The number of para-hydroxylation sites is 1. The lowest BCUT2D eigenvalue weighted by Crippen LogP contribution is -2.14. The minimum atomic E-state index is -0.732. The number of rotatable bonds is 10. The van der Waals surface area contributed by atoms with E-state index in [1.807, 2.05) is 6.92 Å². The van der Waals surface area contributed by atoms with E-state index < -0.39 is 11.6 Å². The zero-order valence-electron chi connectivity index (χ0n) is 20.3. The molecule has 0 saturated heterocycles. The molecule has 0 aliphatic rings. The molecule has 2 heterocycles. The summed E-state index contributed by atoms with van der Waals surface area (Å²) in [6.07, 6.45) is 3.35. The van der Waals surface area contributed by atoms with Gasteiger partial charge in [0, 0.05) is 59.6 Å². The van der Waals surface area contributed by atoms with Crippen molar-refractivity contribution in [1.29, 1.82) is 5.41 Å². The van der Waals surface area contributed by atoms with Crippen molar-refractivity contribution in [1.82, 2.24) is 15.0 Å². The lowest BCUT2D eigenvalue weighted by Gasteiger charge is -2.15. The third kappa shape index (κ3) is 6.04. The minimum Gasteiger partial charge on any atom is -0.494 e. The molecule has 4 aromatic rings. The monoisotopic (exact) mass is 504 g/mol. The molecule has 190 valence electrons. The lowest BCUT2D eigenvalue weighted by atomic mass is 10.1. The average Bonchev–Trinajstić information content (AvgIpc) is 2.89. The molecule has 2 aromatic carbocycles. The fraction of sp³-hybridized carbons (Fsp3) is 0.185. The SMILES string of the molecule is CCOc1cc(F)c(CNc2ccccc2C(=N)c2nc(CO)cc(Nc3ccncc3C)n2)c(F)c1. The van der Waals surface area contributed by atoms with Crippen LogP contribution in [0.1, 0.15) is 35.1 Å². The van der Waals surface area contributed by atoms with Gasteiger partial charge < -0.3 is 20.5 Å². The molecule has 0 saturated carbocycles. The summed E-state index contributed by atoms with van der Waals surface area (Å²) in [7, 11) is 0. The highest BCUT2D eigenvalue weighted by Gasteiger charge is 2.17. The van der Waals surface area contributed by atoms with Crippen molar-refractivity contribution in [2.45, 2.75) is 27.0 Å². The predicted molar refractivity (Wildman–Crippen MR) is 137 cm³/mol. The van der Waals surface area contributed by atoms with Crippen molar-refractivity contribution in [3.8, 4) is 5.75 Å². The molecule has 2 aromatic heterocycles. The second-order valence-electron chi connectivity index (χ2n) is 8.11. The Kier molecular flexibility index (Phi) is 7.99. The number of aromatic nitrogens is 3. The molecule has 0 amide bonds. The van der Waals surface area contributed by atoms with Crippen LogP contribution in [0.25, 0.3) is 0 Å². The van der Waals surface area contributed by atoms with Crippen LogP contribution in [0.15, 0.2) is 60.9 Å². The van der Waals surface area contributed by atoms with Gasteiger partial charge in [0.15, 0.2) is 5.82 Å². The largest absolute Gasteiger partial charge is 0.494 e. The molecular formula is C27H26F2N6O2. The topological polar surface area (TPSA) is 116 Å². The van der Waals surface area contributed by atoms with E-state index in [4.69, 9.17) is 10.1 Å². The van der Waals surface area contributed by atoms with E-state index in [0.29, 0.717) is 29.4 Å². The number of aryl methyl sites for hydroxylation is 1. The lowest BCUT2D eigenvalue weighted by molar-refractivity contribution is 0.276. The highest BCUT2D eigenvalue weighted by molar-refractivity contribution is 6.12. The van der Waals surface area contributed by atoms with Crippen LogP contribution in [-0.2, 0) is 13.2 Å². The maximum atomic E-state index is 14.5. The predicted octanol–water partition coefficient (Wildman–Crippen LogP) is 5.12. The molecule has 4 N–H and O–H groups in total. The highest BCUT2D eigenvalue weighted by Crippen LogP contribution is 2.25. The van der Waals surface area contributed by atoms with E-state index in [1.54, 1.807) is 55.7 Å². The summed E-state index contributed by atoms with van der Waals surface area (Å²) in [4.78, 5) is 12.8. The maximum absolute atomic E-state index is 14.5. The Morgan fingerprint density at radius 3 is 2.51 bits per heavy atom. The molecule has 0 atom stereocenters. The summed E-state index contributed by atoms with van der Waals surface area (Å²) in [6.45, 7) is 3.43. The molecule has 0 aliphatic heterocycles. The first-order chi connectivity index (χ1) is 17.9. The van der Waals surface area contributed by atoms with E-state index in [2.05, 4.69) is 25.6 Å². The number of pyridine rings is 1. The van der Waals surface area contributed by atoms with Crippen molar-refractivity contribution >= 4 is 22.9 Å². The number of hydrogen-bond acceptors (Lipinski definition) is 8. The Hall–Kier alpha value is -4.44. The molecule has 0 aliphatic carbocycles. The molecule has 4 rings (SSSR count). The fourth-order valence-corrected chi connectivity index (χ4v) is 3.66. The van der Waals surface area contributed by atoms with Gasteiger partial charge in [-0.05, 0) is 31.5 Å². The van der Waals surface area contributed by atoms with Gasteiger partial charge in [0.25, 0.3) is 0 Å². The number of nitrogens with one attached hydrogen (secondary N) is 3. The molecule has 0 spiro atoms. The van der Waals surface area contributed by atoms with Gasteiger partial charge >= 0.3 is 0 Å². The molecule has 0 radical (unpaired) electrons. The molecule has 0 fully saturated rings. The Morgan fingerprint density at radius 1 is 1.05 bits per heavy atom. The van der Waals surface area contributed by atoms with Crippen molar-refractivity contribution in [3.63, 3.8) is 0 Å². The Morgan fingerprint density at radius 2 is 1.81 bits per heavy atom. The molecule has 0 unspecified atom stereocenters. The van der Waals surface area contributed by atoms with Gasteiger partial charge in [-0.15, -0.1) is 0 Å². The number of aliphatic hydroxyl groups is 1. The maximum Gasteiger partial charge on any atom is 0.180 e. The first kappa shape index (κ1) is 25.6. The van der Waals surface area contributed by atoms with Crippen LogP contribution in [-0.4, -0.2) is 32.4 Å². The molecule has 37 heavy (non-hydrogen) atoms. The number of hydrogen-bond donors (Lipinski definition) is 4. The van der Waals surface area contributed by atoms with Crippen LogP contribution < -0.4 is 15.4 Å². The molecule has 10 heteroatoms. The van der Waals surface area contributed by atoms with E-state index in [-0.39, 0.29) is 36.0 Å². The van der Waals surface area contributed by atoms with Crippen molar-refractivity contribution in [2.75, 3.05) is 17.2 Å². The first-order valence-corrected chi connectivity index (χ1v) is 11.6. The summed E-state index contributed by atoms with van der Waals surface area (Å²) >= 11 is 0. The third-order valence-corrected chi connectivity index (χ3v) is 5.53. The van der Waals surface area contributed by atoms with Crippen molar-refractivity contribution in [2.24, 2.45) is 0 Å². The summed E-state index contributed by atoms with van der Waals surface area (Å²) in [6, 6.07) is 12.5. The average molecular weight is 505 g/mol. The fourth-order valence-electron chi connectivity index (χ4n) is 3.66. The van der Waals surface area contributed by atoms with Gasteiger partial charge in [-0.1, -0.05) is 18.2 Å². The summed E-state index contributed by atoms with van der Waals surface area (Å²) in [5.74, 6) is -0.865. The van der Waals surface area contributed by atoms with Gasteiger partial charge in [-0.3, -0.25) is 10.4 Å². The Labute approximate surface area is 212 Å². The van der Waals surface area contributed by atoms with Crippen LogP contribution in [0.4, 0.5) is 26.0 Å². The Bertz CT molecular complexity index is 1410. The zero-order chi connectivity index (χ0) is 26.4. The summed E-state index contributed by atoms with van der Waals surface area (Å²) < 4.78 is 34.3. The van der Waals surface area contributed by atoms with Crippen LogP contribution >= 0.6 is 0 Å². The van der Waals surface area contributed by atoms with Crippen molar-refractivity contribution in [3.05, 3.63) is 101 Å². The summed E-state index contributed by atoms with van der Waals surface area (Å²) in [5.41, 5.74) is 2.71. The van der Waals surface area contributed by atoms with E-state index in [9.17, 15) is 13.9 Å². The first-order valence-electron chi connectivity index (χ1n) is 11.6. The molecule has 8 nitrogen and oxygen atoms in total. The Balaban J connectivity index is 1.60. The van der Waals surface area contributed by atoms with Gasteiger partial charge in [-0.25, -0.2) is 18.7 Å². The number of aliphatic hydroxyl groups excluding tert-OH is 1. The van der Waals surface area contributed by atoms with E-state index >= 15 is 0 Å². The normalized spacial score (nSPS) is 10.7. The number of halogens is 2. The minimum absolute atomic E-state index is 0.0273. The van der Waals surface area contributed by atoms with E-state index in [0.717, 1.165) is 23.4 Å². The second kappa shape index (κ2) is 11.5. The highest BCUT2D eigenvalue weighted by atomic mass is 19.1. The van der Waals surface area contributed by atoms with Gasteiger partial charge in [0.2, 0.25) is 0 Å². The zero-order valence-corrected chi connectivity index (χ0v) is 20.3. The van der Waals surface area contributed by atoms with Crippen LogP contribution in [0.5, 0.6) is 5.75 Å². The van der Waals surface area contributed by atoms with Crippen LogP contribution in [0.2, 0.25) is 0 Å². The number of anilines is 3. The van der Waals surface area contributed by atoms with Crippen LogP contribution in [0, 0.1) is 24.0 Å². The third-order valence-electron chi connectivity index (χ3n) is 5.53. The number of nitrogens with zero attached hydrogens (tertiary/aromatic N) is 3. The smallest absolute Gasteiger partial charge is 0.180 e. The molecular weight excluding hydrogens is 478 g/mol.